The minimum absolute atomic E-state index is 0.0156. The summed E-state index contributed by atoms with van der Waals surface area (Å²) in [5.41, 5.74) is -0.493. The topological polar surface area (TPSA) is 72.9 Å². The molecule has 0 spiro atoms. The van der Waals surface area contributed by atoms with Gasteiger partial charge in [0.15, 0.2) is 0 Å². The van der Waals surface area contributed by atoms with Crippen molar-refractivity contribution in [3.8, 4) is 0 Å². The van der Waals surface area contributed by atoms with E-state index in [2.05, 4.69) is 22.2 Å². The third kappa shape index (κ3) is 8.02. The lowest BCUT2D eigenvalue weighted by Crippen LogP contribution is -2.45. The zero-order valence-corrected chi connectivity index (χ0v) is 13.5. The molecule has 1 aliphatic rings. The first kappa shape index (κ1) is 17.9. The molecule has 1 heterocycles. The SMILES string of the molecule is CN1CCN(CCCNC(=O)CC(C)(C)CC(=O)O)CC1. The van der Waals surface area contributed by atoms with Crippen LogP contribution in [0.5, 0.6) is 0 Å². The Hall–Kier alpha value is -1.14. The Morgan fingerprint density at radius 3 is 2.33 bits per heavy atom. The minimum atomic E-state index is -0.858. The number of nitrogens with one attached hydrogen (secondary N) is 1. The van der Waals surface area contributed by atoms with Gasteiger partial charge in [-0.15, -0.1) is 0 Å². The highest BCUT2D eigenvalue weighted by molar-refractivity contribution is 5.77. The van der Waals surface area contributed by atoms with Gasteiger partial charge in [-0.3, -0.25) is 9.59 Å². The second-order valence-electron chi connectivity index (χ2n) is 6.76. The van der Waals surface area contributed by atoms with Gasteiger partial charge in [0, 0.05) is 39.1 Å². The molecule has 0 aliphatic carbocycles. The molecule has 122 valence electrons. The number of likely N-dealkylation sites (N-methyl/N-ethyl adjacent to an activating group) is 1. The predicted molar refractivity (Wildman–Crippen MR) is 82.2 cm³/mol. The van der Waals surface area contributed by atoms with Crippen molar-refractivity contribution in [3.05, 3.63) is 0 Å². The number of carboxylic acids is 1. The fourth-order valence-electron chi connectivity index (χ4n) is 2.57. The molecule has 6 nitrogen and oxygen atoms in total. The number of piperazine rings is 1. The summed E-state index contributed by atoms with van der Waals surface area (Å²) in [6.07, 6.45) is 1.21. The number of amides is 1. The molecule has 1 aliphatic heterocycles. The number of hydrogen-bond donors (Lipinski definition) is 2. The fraction of sp³-hybridized carbons (Fsp3) is 0.867. The molecule has 0 unspecified atom stereocenters. The highest BCUT2D eigenvalue weighted by Gasteiger charge is 2.25. The summed E-state index contributed by atoms with van der Waals surface area (Å²) < 4.78 is 0. The fourth-order valence-corrected chi connectivity index (χ4v) is 2.57. The van der Waals surface area contributed by atoms with Crippen LogP contribution in [0.25, 0.3) is 0 Å². The maximum Gasteiger partial charge on any atom is 0.303 e. The van der Waals surface area contributed by atoms with Crippen LogP contribution in [0.3, 0.4) is 0 Å². The van der Waals surface area contributed by atoms with E-state index in [0.717, 1.165) is 39.1 Å². The number of rotatable bonds is 8. The van der Waals surface area contributed by atoms with Crippen molar-refractivity contribution in [2.24, 2.45) is 5.41 Å². The molecule has 0 aromatic rings. The van der Waals surface area contributed by atoms with Crippen LogP contribution >= 0.6 is 0 Å². The van der Waals surface area contributed by atoms with Crippen LogP contribution in [0.4, 0.5) is 0 Å². The van der Waals surface area contributed by atoms with E-state index >= 15 is 0 Å². The first-order chi connectivity index (χ1) is 9.78. The molecule has 0 atom stereocenters. The molecule has 0 bridgehead atoms. The Morgan fingerprint density at radius 2 is 1.76 bits per heavy atom. The Bertz CT molecular complexity index is 350. The molecule has 0 radical (unpaired) electrons. The smallest absolute Gasteiger partial charge is 0.303 e. The van der Waals surface area contributed by atoms with Gasteiger partial charge in [-0.05, 0) is 25.4 Å². The maximum absolute atomic E-state index is 11.8. The summed E-state index contributed by atoms with van der Waals surface area (Å²) in [4.78, 5) is 27.3. The Labute approximate surface area is 127 Å². The molecule has 21 heavy (non-hydrogen) atoms. The zero-order valence-electron chi connectivity index (χ0n) is 13.5. The summed E-state index contributed by atoms with van der Waals surface area (Å²) in [7, 11) is 2.14. The molecule has 0 aromatic carbocycles. The van der Waals surface area contributed by atoms with Crippen LogP contribution in [-0.2, 0) is 9.59 Å². The number of hydrogen-bond acceptors (Lipinski definition) is 4. The number of carboxylic acid groups (broad SMARTS) is 1. The van der Waals surface area contributed by atoms with E-state index in [-0.39, 0.29) is 18.7 Å². The summed E-state index contributed by atoms with van der Waals surface area (Å²) in [5, 5.41) is 11.7. The predicted octanol–water partition coefficient (Wildman–Crippen LogP) is 0.631. The molecular formula is C15H29N3O3. The minimum Gasteiger partial charge on any atom is -0.481 e. The normalized spacial score (nSPS) is 17.7. The molecule has 1 rings (SSSR count). The van der Waals surface area contributed by atoms with Crippen molar-refractivity contribution in [1.29, 1.82) is 0 Å². The molecule has 1 fully saturated rings. The van der Waals surface area contributed by atoms with E-state index in [1.807, 2.05) is 13.8 Å². The zero-order chi connectivity index (χ0) is 15.9. The third-order valence-corrected chi connectivity index (χ3v) is 3.84. The second-order valence-corrected chi connectivity index (χ2v) is 6.76. The van der Waals surface area contributed by atoms with Gasteiger partial charge >= 0.3 is 5.97 Å². The molecule has 0 aromatic heterocycles. The second kappa shape index (κ2) is 8.34. The van der Waals surface area contributed by atoms with Crippen LogP contribution in [0.15, 0.2) is 0 Å². The molecule has 2 N–H and O–H groups in total. The molecule has 1 amide bonds. The lowest BCUT2D eigenvalue weighted by Gasteiger charge is -2.32. The van der Waals surface area contributed by atoms with Crippen molar-refractivity contribution in [2.75, 3.05) is 46.3 Å². The van der Waals surface area contributed by atoms with Crippen molar-refractivity contribution in [3.63, 3.8) is 0 Å². The van der Waals surface area contributed by atoms with E-state index in [0.29, 0.717) is 6.54 Å². The van der Waals surface area contributed by atoms with Crippen molar-refractivity contribution in [1.82, 2.24) is 15.1 Å². The van der Waals surface area contributed by atoms with E-state index in [4.69, 9.17) is 5.11 Å². The van der Waals surface area contributed by atoms with Crippen molar-refractivity contribution < 1.29 is 14.7 Å². The van der Waals surface area contributed by atoms with Gasteiger partial charge in [-0.25, -0.2) is 0 Å². The van der Waals surface area contributed by atoms with E-state index < -0.39 is 11.4 Å². The summed E-state index contributed by atoms with van der Waals surface area (Å²) in [6, 6.07) is 0. The molecule has 6 heteroatoms. The number of aliphatic carboxylic acids is 1. The van der Waals surface area contributed by atoms with Gasteiger partial charge < -0.3 is 20.2 Å². The van der Waals surface area contributed by atoms with E-state index in [1.165, 1.54) is 0 Å². The van der Waals surface area contributed by atoms with E-state index in [9.17, 15) is 9.59 Å². The number of carbonyl (C=O) groups excluding carboxylic acids is 1. The highest BCUT2D eigenvalue weighted by atomic mass is 16.4. The maximum atomic E-state index is 11.8. The van der Waals surface area contributed by atoms with Crippen LogP contribution in [0, 0.1) is 5.41 Å². The summed E-state index contributed by atoms with van der Waals surface area (Å²) >= 11 is 0. The largest absolute Gasteiger partial charge is 0.481 e. The van der Waals surface area contributed by atoms with E-state index in [1.54, 1.807) is 0 Å². The number of nitrogens with zero attached hydrogens (tertiary/aromatic N) is 2. The average Bonchev–Trinajstić information content (AvgIpc) is 2.34. The third-order valence-electron chi connectivity index (χ3n) is 3.84. The first-order valence-electron chi connectivity index (χ1n) is 7.68. The van der Waals surface area contributed by atoms with Crippen molar-refractivity contribution in [2.45, 2.75) is 33.1 Å². The van der Waals surface area contributed by atoms with Crippen molar-refractivity contribution >= 4 is 11.9 Å². The van der Waals surface area contributed by atoms with Gasteiger partial charge in [-0.2, -0.15) is 0 Å². The summed E-state index contributed by atoms with van der Waals surface area (Å²) in [6.45, 7) is 9.69. The first-order valence-corrected chi connectivity index (χ1v) is 7.68. The van der Waals surface area contributed by atoms with Crippen LogP contribution in [0.2, 0.25) is 0 Å². The van der Waals surface area contributed by atoms with Crippen LogP contribution in [-0.4, -0.2) is 73.1 Å². The van der Waals surface area contributed by atoms with Gasteiger partial charge in [0.2, 0.25) is 5.91 Å². The Morgan fingerprint density at radius 1 is 1.14 bits per heavy atom. The number of carbonyl (C=O) groups is 2. The highest BCUT2D eigenvalue weighted by Crippen LogP contribution is 2.24. The van der Waals surface area contributed by atoms with Gasteiger partial charge in [-0.1, -0.05) is 13.8 Å². The summed E-state index contributed by atoms with van der Waals surface area (Å²) in [5.74, 6) is -0.914. The standard InChI is InChI=1S/C15H29N3O3/c1-15(2,12-14(20)21)11-13(19)16-5-4-6-18-9-7-17(3)8-10-18/h4-12H2,1-3H3,(H,16,19)(H,20,21). The quantitative estimate of drug-likeness (QED) is 0.643. The van der Waals surface area contributed by atoms with Gasteiger partial charge in [0.1, 0.15) is 0 Å². The Balaban J connectivity index is 2.12. The van der Waals surface area contributed by atoms with Gasteiger partial charge in [0.25, 0.3) is 0 Å². The van der Waals surface area contributed by atoms with Crippen LogP contribution in [0.1, 0.15) is 33.1 Å². The molecular weight excluding hydrogens is 270 g/mol. The average molecular weight is 299 g/mol. The molecule has 1 saturated heterocycles. The van der Waals surface area contributed by atoms with Crippen LogP contribution < -0.4 is 5.32 Å². The Kier molecular flexibility index (Phi) is 7.11. The lowest BCUT2D eigenvalue weighted by atomic mass is 9.85. The van der Waals surface area contributed by atoms with Gasteiger partial charge in [0.05, 0.1) is 6.42 Å². The monoisotopic (exact) mass is 299 g/mol. The molecule has 0 saturated carbocycles. The lowest BCUT2D eigenvalue weighted by molar-refractivity contribution is -0.139.